The normalized spacial score (nSPS) is 12.1. The maximum Gasteiger partial charge on any atom is 0.133 e. The van der Waals surface area contributed by atoms with E-state index in [9.17, 15) is 0 Å². The second kappa shape index (κ2) is 20.3. The van der Waals surface area contributed by atoms with Crippen LogP contribution in [0, 0.1) is 0 Å². The monoisotopic (exact) mass is 748 g/mol. The predicted octanol–water partition coefficient (Wildman–Crippen LogP) is 4.85. The van der Waals surface area contributed by atoms with Gasteiger partial charge in [0.1, 0.15) is 22.9 Å². The maximum absolute atomic E-state index is 5.90. The third kappa shape index (κ3) is 14.4. The highest BCUT2D eigenvalue weighted by atomic mass is 79.9. The summed E-state index contributed by atoms with van der Waals surface area (Å²) >= 11 is 7.24. The van der Waals surface area contributed by atoms with Crippen molar-refractivity contribution >= 4 is 43.8 Å². The van der Waals surface area contributed by atoms with Gasteiger partial charge in [-0.25, -0.2) is 0 Å². The molecule has 0 aliphatic heterocycles. The summed E-state index contributed by atoms with van der Waals surface area (Å²) in [5, 5.41) is 12.3. The van der Waals surface area contributed by atoms with E-state index in [1.807, 2.05) is 23.0 Å². The van der Waals surface area contributed by atoms with Gasteiger partial charge in [0, 0.05) is 32.4 Å². The predicted molar refractivity (Wildman–Crippen MR) is 188 cm³/mol. The van der Waals surface area contributed by atoms with Gasteiger partial charge in [0.2, 0.25) is 0 Å². The average molecular weight is 751 g/mol. The third-order valence-electron chi connectivity index (χ3n) is 6.66. The van der Waals surface area contributed by atoms with Gasteiger partial charge < -0.3 is 29.9 Å². The Kier molecular flexibility index (Phi) is 16.5. The highest BCUT2D eigenvalue weighted by Gasteiger charge is 2.07. The third-order valence-corrected chi connectivity index (χ3v) is 7.90. The molecule has 0 unspecified atom stereocenters. The molecule has 3 aromatic rings. The quantitative estimate of drug-likeness (QED) is 0.0712. The van der Waals surface area contributed by atoms with Gasteiger partial charge in [-0.2, -0.15) is 5.10 Å². The second-order valence-electron chi connectivity index (χ2n) is 11.2. The fourth-order valence-corrected chi connectivity index (χ4v) is 5.33. The van der Waals surface area contributed by atoms with Crippen LogP contribution in [0.3, 0.4) is 0 Å². The standard InChI is InChI=1S/C32H46Br2N8O3/c1-40(2)14-5-17-44-31-9-7-25(19-29(31)33)11-13-36-21-27(37-35)23-43-24-28-22-42(39-38-28)16-12-26-8-10-32(30(34)20-26)45-18-6-15-41(3)4/h7-10,19-22H,5-6,11-18,23-24,35H2,1-4H3. The molecule has 0 fully saturated rings. The summed E-state index contributed by atoms with van der Waals surface area (Å²) < 4.78 is 21.3. The number of aromatic nitrogens is 3. The minimum absolute atomic E-state index is 0.232. The van der Waals surface area contributed by atoms with Crippen molar-refractivity contribution in [3.63, 3.8) is 0 Å². The number of nitrogens with two attached hydrogens (primary N) is 1. The van der Waals surface area contributed by atoms with Crippen molar-refractivity contribution in [2.24, 2.45) is 15.9 Å². The molecular formula is C32H46Br2N8O3. The van der Waals surface area contributed by atoms with E-state index >= 15 is 0 Å². The van der Waals surface area contributed by atoms with Crippen molar-refractivity contribution in [1.82, 2.24) is 24.8 Å². The molecule has 1 heterocycles. The summed E-state index contributed by atoms with van der Waals surface area (Å²) in [5.41, 5.74) is 3.64. The Morgan fingerprint density at radius 3 is 2.07 bits per heavy atom. The topological polar surface area (TPSA) is 116 Å². The number of aryl methyl sites for hydroxylation is 2. The number of hydrogen-bond acceptors (Lipinski definition) is 10. The van der Waals surface area contributed by atoms with E-state index in [-0.39, 0.29) is 6.61 Å². The van der Waals surface area contributed by atoms with E-state index in [2.05, 4.69) is 115 Å². The van der Waals surface area contributed by atoms with Gasteiger partial charge in [-0.05, 0) is 121 Å². The van der Waals surface area contributed by atoms with Crippen molar-refractivity contribution in [1.29, 1.82) is 0 Å². The summed E-state index contributed by atoms with van der Waals surface area (Å²) in [7, 11) is 8.25. The smallest absolute Gasteiger partial charge is 0.133 e. The van der Waals surface area contributed by atoms with Gasteiger partial charge >= 0.3 is 0 Å². The van der Waals surface area contributed by atoms with E-state index in [0.717, 1.165) is 70.5 Å². The lowest BCUT2D eigenvalue weighted by molar-refractivity contribution is 0.156. The molecule has 0 aliphatic carbocycles. The Morgan fingerprint density at radius 2 is 1.51 bits per heavy atom. The molecule has 0 spiro atoms. The first-order chi connectivity index (χ1) is 21.7. The van der Waals surface area contributed by atoms with Gasteiger partial charge in [0.15, 0.2) is 0 Å². The van der Waals surface area contributed by atoms with Gasteiger partial charge in [0.25, 0.3) is 0 Å². The highest BCUT2D eigenvalue weighted by molar-refractivity contribution is 9.10. The lowest BCUT2D eigenvalue weighted by Crippen LogP contribution is -2.15. The Morgan fingerprint density at radius 1 is 0.911 bits per heavy atom. The molecule has 0 aliphatic rings. The molecule has 45 heavy (non-hydrogen) atoms. The van der Waals surface area contributed by atoms with E-state index in [4.69, 9.17) is 20.1 Å². The van der Waals surface area contributed by atoms with E-state index < -0.39 is 0 Å². The molecule has 11 nitrogen and oxygen atoms in total. The zero-order valence-corrected chi connectivity index (χ0v) is 30.0. The fourth-order valence-electron chi connectivity index (χ4n) is 4.25. The van der Waals surface area contributed by atoms with Gasteiger partial charge in [-0.15, -0.1) is 5.10 Å². The van der Waals surface area contributed by atoms with Crippen LogP contribution in [0.2, 0.25) is 0 Å². The number of hydrogen-bond donors (Lipinski definition) is 1. The van der Waals surface area contributed by atoms with Gasteiger partial charge in [-0.3, -0.25) is 9.67 Å². The Bertz CT molecular complexity index is 1360. The zero-order valence-electron chi connectivity index (χ0n) is 26.8. The van der Waals surface area contributed by atoms with Crippen molar-refractivity contribution in [3.05, 3.63) is 68.4 Å². The summed E-state index contributed by atoms with van der Waals surface area (Å²) in [6.07, 6.45) is 7.11. The van der Waals surface area contributed by atoms with Crippen LogP contribution in [0.4, 0.5) is 0 Å². The van der Waals surface area contributed by atoms with Crippen LogP contribution in [-0.2, 0) is 30.7 Å². The SMILES string of the molecule is CN(C)CCCOc1ccc(CCN=CC(COCc2cn(CCc3ccc(OCCCN(C)C)c(Br)c3)nn2)=NN)cc1Br. The Balaban J connectivity index is 1.34. The highest BCUT2D eigenvalue weighted by Crippen LogP contribution is 2.27. The molecule has 0 bridgehead atoms. The molecule has 0 atom stereocenters. The number of hydrazone groups is 1. The van der Waals surface area contributed by atoms with Crippen LogP contribution in [0.15, 0.2) is 61.6 Å². The molecule has 0 saturated heterocycles. The molecule has 246 valence electrons. The summed E-state index contributed by atoms with van der Waals surface area (Å²) in [5.74, 6) is 7.27. The molecule has 2 aromatic carbocycles. The van der Waals surface area contributed by atoms with Crippen molar-refractivity contribution in [3.8, 4) is 11.5 Å². The largest absolute Gasteiger partial charge is 0.492 e. The maximum atomic E-state index is 5.90. The molecule has 0 saturated carbocycles. The molecule has 1 aromatic heterocycles. The van der Waals surface area contributed by atoms with Crippen LogP contribution < -0.4 is 15.3 Å². The van der Waals surface area contributed by atoms with Crippen molar-refractivity contribution in [2.45, 2.75) is 38.8 Å². The van der Waals surface area contributed by atoms with Crippen LogP contribution in [0.25, 0.3) is 0 Å². The number of rotatable bonds is 21. The minimum Gasteiger partial charge on any atom is -0.492 e. The fraction of sp³-hybridized carbons (Fsp3) is 0.500. The summed E-state index contributed by atoms with van der Waals surface area (Å²) in [4.78, 5) is 8.77. The average Bonchev–Trinajstić information content (AvgIpc) is 3.46. The van der Waals surface area contributed by atoms with E-state index in [0.29, 0.717) is 38.6 Å². The number of halogens is 2. The Labute approximate surface area is 284 Å². The number of ether oxygens (including phenoxy) is 3. The van der Waals surface area contributed by atoms with Crippen LogP contribution in [-0.4, -0.2) is 104 Å². The lowest BCUT2D eigenvalue weighted by Gasteiger charge is -2.12. The molecular weight excluding hydrogens is 704 g/mol. The molecule has 0 radical (unpaired) electrons. The lowest BCUT2D eigenvalue weighted by atomic mass is 10.1. The first-order valence-corrected chi connectivity index (χ1v) is 16.7. The van der Waals surface area contributed by atoms with Crippen molar-refractivity contribution in [2.75, 3.05) is 67.6 Å². The minimum atomic E-state index is 0.232. The van der Waals surface area contributed by atoms with Gasteiger partial charge in [0.05, 0.1) is 41.6 Å². The number of aliphatic imine (C=N–C) groups is 1. The van der Waals surface area contributed by atoms with Gasteiger partial charge in [-0.1, -0.05) is 17.3 Å². The summed E-state index contributed by atoms with van der Waals surface area (Å²) in [6, 6.07) is 12.3. The first-order valence-electron chi connectivity index (χ1n) is 15.1. The van der Waals surface area contributed by atoms with E-state index in [1.165, 1.54) is 5.56 Å². The van der Waals surface area contributed by atoms with Crippen LogP contribution in [0.1, 0.15) is 29.7 Å². The molecule has 13 heteroatoms. The van der Waals surface area contributed by atoms with Crippen LogP contribution in [0.5, 0.6) is 11.5 Å². The molecule has 0 amide bonds. The molecule has 2 N–H and O–H groups in total. The molecule has 3 rings (SSSR count). The second-order valence-corrected chi connectivity index (χ2v) is 12.9. The van der Waals surface area contributed by atoms with E-state index in [1.54, 1.807) is 6.21 Å². The number of benzene rings is 2. The Hall–Kier alpha value is -2.84. The number of nitrogens with zero attached hydrogens (tertiary/aromatic N) is 7. The first kappa shape index (κ1) is 36.6. The van der Waals surface area contributed by atoms with Crippen LogP contribution >= 0.6 is 31.9 Å². The zero-order chi connectivity index (χ0) is 32.4. The van der Waals surface area contributed by atoms with Crippen molar-refractivity contribution < 1.29 is 14.2 Å². The summed E-state index contributed by atoms with van der Waals surface area (Å²) in [6.45, 7) is 5.21.